The van der Waals surface area contributed by atoms with Crippen LogP contribution in [0.5, 0.6) is 0 Å². The molecular formula is C11H17N3O. The van der Waals surface area contributed by atoms with E-state index >= 15 is 0 Å². The summed E-state index contributed by atoms with van der Waals surface area (Å²) in [6.45, 7) is 4.93. The number of nitrogens with two attached hydrogens (primary N) is 2. The van der Waals surface area contributed by atoms with Crippen LogP contribution in [0.25, 0.3) is 0 Å². The van der Waals surface area contributed by atoms with Crippen molar-refractivity contribution >= 4 is 17.3 Å². The number of nitrogens with zero attached hydrogens (tertiary/aromatic N) is 1. The Morgan fingerprint density at radius 1 is 1.47 bits per heavy atom. The maximum Gasteiger partial charge on any atom is 0.236 e. The summed E-state index contributed by atoms with van der Waals surface area (Å²) in [6, 6.07) is 5.63. The molecule has 4 heteroatoms. The van der Waals surface area contributed by atoms with E-state index in [4.69, 9.17) is 11.5 Å². The number of hydrogen-bond acceptors (Lipinski definition) is 3. The predicted molar refractivity (Wildman–Crippen MR) is 62.7 cm³/mol. The lowest BCUT2D eigenvalue weighted by molar-refractivity contribution is -0.116. The van der Waals surface area contributed by atoms with Crippen molar-refractivity contribution in [2.75, 3.05) is 23.7 Å². The summed E-state index contributed by atoms with van der Waals surface area (Å²) < 4.78 is 0. The van der Waals surface area contributed by atoms with Gasteiger partial charge >= 0.3 is 0 Å². The molecule has 0 spiro atoms. The highest BCUT2D eigenvalue weighted by Gasteiger charge is 2.09. The van der Waals surface area contributed by atoms with Gasteiger partial charge in [-0.2, -0.15) is 0 Å². The zero-order valence-corrected chi connectivity index (χ0v) is 9.16. The Kier molecular flexibility index (Phi) is 3.55. The maximum atomic E-state index is 10.9. The highest BCUT2D eigenvalue weighted by atomic mass is 16.1. The molecule has 1 aromatic carbocycles. The van der Waals surface area contributed by atoms with Gasteiger partial charge in [0.1, 0.15) is 0 Å². The largest absolute Gasteiger partial charge is 0.399 e. The molecule has 82 valence electrons. The first-order chi connectivity index (χ1) is 7.04. The minimum Gasteiger partial charge on any atom is -0.399 e. The molecule has 0 aliphatic carbocycles. The number of carbonyl (C=O) groups excluding carboxylic acids is 1. The fraction of sp³-hybridized carbons (Fsp3) is 0.364. The van der Waals surface area contributed by atoms with Crippen molar-refractivity contribution in [1.82, 2.24) is 0 Å². The van der Waals surface area contributed by atoms with Crippen LogP contribution in [0.4, 0.5) is 11.4 Å². The number of nitrogen functional groups attached to an aromatic ring is 1. The molecule has 0 heterocycles. The van der Waals surface area contributed by atoms with Gasteiger partial charge in [0, 0.05) is 17.9 Å². The average molecular weight is 207 g/mol. The second kappa shape index (κ2) is 4.68. The molecule has 0 unspecified atom stereocenters. The van der Waals surface area contributed by atoms with Crippen molar-refractivity contribution < 1.29 is 4.79 Å². The molecule has 0 bridgehead atoms. The van der Waals surface area contributed by atoms with Crippen LogP contribution in [0.15, 0.2) is 18.2 Å². The lowest BCUT2D eigenvalue weighted by Crippen LogP contribution is -2.34. The molecule has 0 aliphatic heterocycles. The third-order valence-electron chi connectivity index (χ3n) is 2.29. The zero-order valence-electron chi connectivity index (χ0n) is 9.16. The van der Waals surface area contributed by atoms with Gasteiger partial charge < -0.3 is 16.4 Å². The third kappa shape index (κ3) is 2.87. The monoisotopic (exact) mass is 207 g/mol. The fourth-order valence-electron chi connectivity index (χ4n) is 1.59. The molecular weight excluding hydrogens is 190 g/mol. The van der Waals surface area contributed by atoms with Crippen molar-refractivity contribution in [2.24, 2.45) is 5.73 Å². The zero-order chi connectivity index (χ0) is 11.4. The van der Waals surface area contributed by atoms with Gasteiger partial charge in [0.2, 0.25) is 5.91 Å². The molecule has 15 heavy (non-hydrogen) atoms. The van der Waals surface area contributed by atoms with Crippen LogP contribution in [-0.4, -0.2) is 19.0 Å². The van der Waals surface area contributed by atoms with E-state index in [9.17, 15) is 4.79 Å². The van der Waals surface area contributed by atoms with Crippen molar-refractivity contribution in [3.63, 3.8) is 0 Å². The van der Waals surface area contributed by atoms with E-state index < -0.39 is 0 Å². The summed E-state index contributed by atoms with van der Waals surface area (Å²) in [5.74, 6) is -0.326. The van der Waals surface area contributed by atoms with Crippen molar-refractivity contribution in [1.29, 1.82) is 0 Å². The number of rotatable bonds is 4. The summed E-state index contributed by atoms with van der Waals surface area (Å²) in [5.41, 5.74) is 13.6. The molecule has 0 saturated heterocycles. The van der Waals surface area contributed by atoms with Gasteiger partial charge in [0.15, 0.2) is 0 Å². The molecule has 4 nitrogen and oxygen atoms in total. The minimum absolute atomic E-state index is 0.237. The molecule has 0 aliphatic rings. The highest BCUT2D eigenvalue weighted by Crippen LogP contribution is 2.21. The van der Waals surface area contributed by atoms with E-state index in [0.29, 0.717) is 0 Å². The SMILES string of the molecule is CCN(CC(N)=O)c1ccc(N)cc1C. The Bertz CT molecular complexity index is 363. The minimum atomic E-state index is -0.326. The number of amides is 1. The van der Waals surface area contributed by atoms with Gasteiger partial charge in [-0.1, -0.05) is 0 Å². The smallest absolute Gasteiger partial charge is 0.236 e. The molecule has 1 rings (SSSR count). The standard InChI is InChI=1S/C11H17N3O/c1-3-14(7-11(13)15)10-5-4-9(12)6-8(10)2/h4-6H,3,7,12H2,1-2H3,(H2,13,15). The van der Waals surface area contributed by atoms with Crippen LogP contribution in [-0.2, 0) is 4.79 Å². The molecule has 0 atom stereocenters. The third-order valence-corrected chi connectivity index (χ3v) is 2.29. The molecule has 0 fully saturated rings. The van der Waals surface area contributed by atoms with Crippen molar-refractivity contribution in [2.45, 2.75) is 13.8 Å². The van der Waals surface area contributed by atoms with Crippen LogP contribution in [0.3, 0.4) is 0 Å². The number of anilines is 2. The normalized spacial score (nSPS) is 10.0. The van der Waals surface area contributed by atoms with E-state index in [2.05, 4.69) is 0 Å². The molecule has 4 N–H and O–H groups in total. The predicted octanol–water partition coefficient (Wildman–Crippen LogP) is 0.889. The Morgan fingerprint density at radius 2 is 2.13 bits per heavy atom. The fourth-order valence-corrected chi connectivity index (χ4v) is 1.59. The quantitative estimate of drug-likeness (QED) is 0.720. The first-order valence-corrected chi connectivity index (χ1v) is 4.94. The number of primary amides is 1. The lowest BCUT2D eigenvalue weighted by atomic mass is 10.1. The summed E-state index contributed by atoms with van der Waals surface area (Å²) in [7, 11) is 0. The van der Waals surface area contributed by atoms with Crippen LogP contribution >= 0.6 is 0 Å². The first-order valence-electron chi connectivity index (χ1n) is 4.94. The van der Waals surface area contributed by atoms with E-state index in [0.717, 1.165) is 23.5 Å². The van der Waals surface area contributed by atoms with Gasteiger partial charge in [-0.25, -0.2) is 0 Å². The van der Waals surface area contributed by atoms with Gasteiger partial charge in [-0.15, -0.1) is 0 Å². The maximum absolute atomic E-state index is 10.9. The van der Waals surface area contributed by atoms with Gasteiger partial charge in [-0.3, -0.25) is 4.79 Å². The Balaban J connectivity index is 2.96. The van der Waals surface area contributed by atoms with Crippen molar-refractivity contribution in [3.8, 4) is 0 Å². The van der Waals surface area contributed by atoms with E-state index in [1.54, 1.807) is 0 Å². The average Bonchev–Trinajstić information content (AvgIpc) is 2.14. The highest BCUT2D eigenvalue weighted by molar-refractivity contribution is 5.80. The topological polar surface area (TPSA) is 72.3 Å². The molecule has 1 amide bonds. The number of aryl methyl sites for hydroxylation is 1. The number of carbonyl (C=O) groups is 1. The molecule has 1 aromatic rings. The Labute approximate surface area is 89.9 Å². The van der Waals surface area contributed by atoms with E-state index in [-0.39, 0.29) is 12.5 Å². The van der Waals surface area contributed by atoms with Crippen molar-refractivity contribution in [3.05, 3.63) is 23.8 Å². The van der Waals surface area contributed by atoms with Gasteiger partial charge in [0.25, 0.3) is 0 Å². The van der Waals surface area contributed by atoms with E-state index in [1.165, 1.54) is 0 Å². The van der Waals surface area contributed by atoms with Crippen LogP contribution < -0.4 is 16.4 Å². The molecule has 0 radical (unpaired) electrons. The summed E-state index contributed by atoms with van der Waals surface area (Å²) >= 11 is 0. The Hall–Kier alpha value is -1.71. The second-order valence-corrected chi connectivity index (χ2v) is 3.53. The number of hydrogen-bond donors (Lipinski definition) is 2. The summed E-state index contributed by atoms with van der Waals surface area (Å²) in [4.78, 5) is 12.8. The van der Waals surface area contributed by atoms with Crippen LogP contribution in [0.2, 0.25) is 0 Å². The van der Waals surface area contributed by atoms with Crippen LogP contribution in [0.1, 0.15) is 12.5 Å². The first kappa shape index (κ1) is 11.4. The van der Waals surface area contributed by atoms with Gasteiger partial charge in [0.05, 0.1) is 6.54 Å². The Morgan fingerprint density at radius 3 is 2.60 bits per heavy atom. The summed E-state index contributed by atoms with van der Waals surface area (Å²) in [6.07, 6.45) is 0. The lowest BCUT2D eigenvalue weighted by Gasteiger charge is -2.23. The number of benzene rings is 1. The second-order valence-electron chi connectivity index (χ2n) is 3.53. The summed E-state index contributed by atoms with van der Waals surface area (Å²) in [5, 5.41) is 0. The van der Waals surface area contributed by atoms with Crippen LogP contribution in [0, 0.1) is 6.92 Å². The van der Waals surface area contributed by atoms with Gasteiger partial charge in [-0.05, 0) is 37.6 Å². The molecule has 0 aromatic heterocycles. The molecule has 0 saturated carbocycles. The van der Waals surface area contributed by atoms with E-state index in [1.807, 2.05) is 36.9 Å². The number of likely N-dealkylation sites (N-methyl/N-ethyl adjacent to an activating group) is 1.